The Kier molecular flexibility index (Phi) is 3.62. The quantitative estimate of drug-likeness (QED) is 0.569. The average molecular weight is 179 g/mol. The minimum Gasteiger partial charge on any atom is -0.491 e. The van der Waals surface area contributed by atoms with Gasteiger partial charge < -0.3 is 10.5 Å². The monoisotopic (exact) mass is 179 g/mol. The van der Waals surface area contributed by atoms with Crippen LogP contribution in [0.3, 0.4) is 0 Å². The van der Waals surface area contributed by atoms with Gasteiger partial charge in [0.2, 0.25) is 0 Å². The maximum atomic E-state index is 5.78. The van der Waals surface area contributed by atoms with E-state index in [0.29, 0.717) is 0 Å². The molecule has 13 heavy (non-hydrogen) atoms. The number of para-hydroxylation sites is 1. The minimum atomic E-state index is 0.733. The highest BCUT2D eigenvalue weighted by molar-refractivity contribution is 5.56. The number of nitrogen functional groups attached to an aromatic ring is 1. The number of anilines is 1. The molecule has 0 aromatic heterocycles. The van der Waals surface area contributed by atoms with Crippen LogP contribution in [0.1, 0.15) is 25.3 Å². The minimum absolute atomic E-state index is 0.733. The summed E-state index contributed by atoms with van der Waals surface area (Å²) >= 11 is 0. The lowest BCUT2D eigenvalue weighted by Crippen LogP contribution is -2.01. The molecule has 2 N–H and O–H groups in total. The van der Waals surface area contributed by atoms with Gasteiger partial charge in [-0.25, -0.2) is 0 Å². The first kappa shape index (κ1) is 9.90. The van der Waals surface area contributed by atoms with Gasteiger partial charge >= 0.3 is 0 Å². The molecule has 72 valence electrons. The number of ether oxygens (including phenoxy) is 1. The second kappa shape index (κ2) is 4.75. The zero-order valence-corrected chi connectivity index (χ0v) is 8.34. The molecule has 2 nitrogen and oxygen atoms in total. The first-order chi connectivity index (χ1) is 6.25. The first-order valence-electron chi connectivity index (χ1n) is 4.73. The highest BCUT2D eigenvalue weighted by atomic mass is 16.5. The van der Waals surface area contributed by atoms with Crippen molar-refractivity contribution in [3.05, 3.63) is 23.8 Å². The summed E-state index contributed by atoms with van der Waals surface area (Å²) < 4.78 is 5.58. The van der Waals surface area contributed by atoms with E-state index in [-0.39, 0.29) is 0 Å². The number of benzene rings is 1. The van der Waals surface area contributed by atoms with Gasteiger partial charge in [-0.1, -0.05) is 25.5 Å². The summed E-state index contributed by atoms with van der Waals surface area (Å²) in [6.45, 7) is 4.91. The summed E-state index contributed by atoms with van der Waals surface area (Å²) in [5.41, 5.74) is 7.62. The zero-order chi connectivity index (χ0) is 9.68. The van der Waals surface area contributed by atoms with Crippen molar-refractivity contribution in [2.75, 3.05) is 12.3 Å². The van der Waals surface area contributed by atoms with E-state index in [0.717, 1.165) is 36.4 Å². The lowest BCUT2D eigenvalue weighted by molar-refractivity contribution is 0.309. The largest absolute Gasteiger partial charge is 0.491 e. The van der Waals surface area contributed by atoms with E-state index in [4.69, 9.17) is 10.5 Å². The molecule has 0 spiro atoms. The van der Waals surface area contributed by atoms with Crippen molar-refractivity contribution in [3.8, 4) is 5.75 Å². The second-order valence-electron chi connectivity index (χ2n) is 3.20. The van der Waals surface area contributed by atoms with Crippen LogP contribution in [-0.2, 0) is 0 Å². The molecule has 1 aromatic rings. The molecular weight excluding hydrogens is 162 g/mol. The van der Waals surface area contributed by atoms with Gasteiger partial charge in [-0.05, 0) is 25.0 Å². The number of aryl methyl sites for hydroxylation is 1. The average Bonchev–Trinajstić information content (AvgIpc) is 2.10. The molecule has 1 rings (SSSR count). The molecular formula is C11H17NO. The van der Waals surface area contributed by atoms with Crippen molar-refractivity contribution in [2.24, 2.45) is 0 Å². The van der Waals surface area contributed by atoms with E-state index in [1.807, 2.05) is 25.1 Å². The number of hydrogen-bond donors (Lipinski definition) is 1. The van der Waals surface area contributed by atoms with Gasteiger partial charge in [0.05, 0.1) is 12.3 Å². The third-order valence-electron chi connectivity index (χ3n) is 1.99. The summed E-state index contributed by atoms with van der Waals surface area (Å²) in [7, 11) is 0. The molecule has 0 unspecified atom stereocenters. The molecule has 1 aromatic carbocycles. The normalized spacial score (nSPS) is 10.0. The van der Waals surface area contributed by atoms with E-state index in [2.05, 4.69) is 6.92 Å². The van der Waals surface area contributed by atoms with Crippen LogP contribution in [0.15, 0.2) is 18.2 Å². The van der Waals surface area contributed by atoms with Crippen LogP contribution < -0.4 is 10.5 Å². The standard InChI is InChI=1S/C11H17NO/c1-3-4-8-13-11-9(2)6-5-7-10(11)12/h5-7H,3-4,8,12H2,1-2H3. The topological polar surface area (TPSA) is 35.2 Å². The smallest absolute Gasteiger partial charge is 0.145 e. The van der Waals surface area contributed by atoms with E-state index in [9.17, 15) is 0 Å². The van der Waals surface area contributed by atoms with E-state index >= 15 is 0 Å². The summed E-state index contributed by atoms with van der Waals surface area (Å²) in [6.07, 6.45) is 2.22. The van der Waals surface area contributed by atoms with Crippen LogP contribution >= 0.6 is 0 Å². The Labute approximate surface area is 79.7 Å². The van der Waals surface area contributed by atoms with Crippen LogP contribution in [0.2, 0.25) is 0 Å². The maximum absolute atomic E-state index is 5.78. The highest BCUT2D eigenvalue weighted by Crippen LogP contribution is 2.25. The van der Waals surface area contributed by atoms with Crippen molar-refractivity contribution in [1.29, 1.82) is 0 Å². The Morgan fingerprint density at radius 2 is 2.15 bits per heavy atom. The second-order valence-corrected chi connectivity index (χ2v) is 3.20. The summed E-state index contributed by atoms with van der Waals surface area (Å²) in [5, 5.41) is 0. The Bertz CT molecular complexity index is 251. The van der Waals surface area contributed by atoms with Crippen molar-refractivity contribution >= 4 is 5.69 Å². The summed E-state index contributed by atoms with van der Waals surface area (Å²) in [4.78, 5) is 0. The van der Waals surface area contributed by atoms with Gasteiger partial charge in [-0.15, -0.1) is 0 Å². The van der Waals surface area contributed by atoms with Crippen molar-refractivity contribution in [3.63, 3.8) is 0 Å². The summed E-state index contributed by atoms with van der Waals surface area (Å²) in [5.74, 6) is 0.843. The van der Waals surface area contributed by atoms with Gasteiger partial charge in [-0.3, -0.25) is 0 Å². The van der Waals surface area contributed by atoms with E-state index in [1.54, 1.807) is 0 Å². The Balaban J connectivity index is 2.64. The van der Waals surface area contributed by atoms with Crippen LogP contribution in [0.5, 0.6) is 5.75 Å². The predicted molar refractivity (Wildman–Crippen MR) is 56.0 cm³/mol. The van der Waals surface area contributed by atoms with Crippen molar-refractivity contribution < 1.29 is 4.74 Å². The number of nitrogens with two attached hydrogens (primary N) is 1. The van der Waals surface area contributed by atoms with Crippen molar-refractivity contribution in [1.82, 2.24) is 0 Å². The fourth-order valence-electron chi connectivity index (χ4n) is 1.19. The van der Waals surface area contributed by atoms with Crippen LogP contribution in [0, 0.1) is 6.92 Å². The predicted octanol–water partition coefficient (Wildman–Crippen LogP) is 2.76. The zero-order valence-electron chi connectivity index (χ0n) is 8.34. The number of hydrogen-bond acceptors (Lipinski definition) is 2. The number of rotatable bonds is 4. The van der Waals surface area contributed by atoms with Crippen LogP contribution in [0.4, 0.5) is 5.69 Å². The third-order valence-corrected chi connectivity index (χ3v) is 1.99. The van der Waals surface area contributed by atoms with Crippen molar-refractivity contribution in [2.45, 2.75) is 26.7 Å². The maximum Gasteiger partial charge on any atom is 0.145 e. The summed E-state index contributed by atoms with van der Waals surface area (Å²) in [6, 6.07) is 5.82. The number of unbranched alkanes of at least 4 members (excludes halogenated alkanes) is 1. The van der Waals surface area contributed by atoms with Crippen LogP contribution in [0.25, 0.3) is 0 Å². The molecule has 0 saturated heterocycles. The van der Waals surface area contributed by atoms with Gasteiger partial charge in [0.15, 0.2) is 0 Å². The molecule has 0 saturated carbocycles. The lowest BCUT2D eigenvalue weighted by Gasteiger charge is -2.10. The SMILES string of the molecule is CCCCOc1c(C)cccc1N. The van der Waals surface area contributed by atoms with Gasteiger partial charge in [0.1, 0.15) is 5.75 Å². The molecule has 0 heterocycles. The van der Waals surface area contributed by atoms with Gasteiger partial charge in [0.25, 0.3) is 0 Å². The molecule has 2 heteroatoms. The molecule has 0 aliphatic rings. The molecule has 0 bridgehead atoms. The molecule has 0 radical (unpaired) electrons. The third kappa shape index (κ3) is 2.65. The Morgan fingerprint density at radius 3 is 2.77 bits per heavy atom. The Morgan fingerprint density at radius 1 is 1.38 bits per heavy atom. The lowest BCUT2D eigenvalue weighted by atomic mass is 10.2. The fraction of sp³-hybridized carbons (Fsp3) is 0.455. The highest BCUT2D eigenvalue weighted by Gasteiger charge is 2.02. The molecule has 0 aliphatic carbocycles. The van der Waals surface area contributed by atoms with Crippen LogP contribution in [-0.4, -0.2) is 6.61 Å². The van der Waals surface area contributed by atoms with Gasteiger partial charge in [-0.2, -0.15) is 0 Å². The fourth-order valence-corrected chi connectivity index (χ4v) is 1.19. The molecule has 0 amide bonds. The van der Waals surface area contributed by atoms with Gasteiger partial charge in [0, 0.05) is 0 Å². The molecule has 0 aliphatic heterocycles. The van der Waals surface area contributed by atoms with E-state index < -0.39 is 0 Å². The molecule has 0 fully saturated rings. The molecule has 0 atom stereocenters. The Hall–Kier alpha value is -1.18. The van der Waals surface area contributed by atoms with E-state index in [1.165, 1.54) is 0 Å². The first-order valence-corrected chi connectivity index (χ1v) is 4.73.